The van der Waals surface area contributed by atoms with Gasteiger partial charge in [0, 0.05) is 58.5 Å². The topological polar surface area (TPSA) is 84.9 Å². The summed E-state index contributed by atoms with van der Waals surface area (Å²) in [4.78, 5) is 28.5. The van der Waals surface area contributed by atoms with E-state index in [-0.39, 0.29) is 28.1 Å². The molecule has 1 aliphatic heterocycles. The number of phenolic OH excluding ortho intramolecular Hbond substituents is 1. The summed E-state index contributed by atoms with van der Waals surface area (Å²) in [6.45, 7) is 0.971. The number of benzene rings is 5. The van der Waals surface area contributed by atoms with Crippen molar-refractivity contribution in [3.63, 3.8) is 0 Å². The van der Waals surface area contributed by atoms with E-state index in [0.29, 0.717) is 52.4 Å². The van der Waals surface area contributed by atoms with Crippen LogP contribution in [0.25, 0.3) is 44.8 Å². The van der Waals surface area contributed by atoms with Crippen molar-refractivity contribution in [2.75, 3.05) is 11.5 Å². The number of halogens is 2. The van der Waals surface area contributed by atoms with E-state index in [1.807, 2.05) is 91.1 Å². The summed E-state index contributed by atoms with van der Waals surface area (Å²) < 4.78 is 14.2. The average Bonchev–Trinajstić information content (AvgIpc) is 3.61. The molecule has 0 fully saturated rings. The number of rotatable bonds is 8. The number of aryl methyl sites for hydroxylation is 1. The van der Waals surface area contributed by atoms with E-state index in [4.69, 9.17) is 32.4 Å². The third-order valence-corrected chi connectivity index (χ3v) is 9.41. The fourth-order valence-corrected chi connectivity index (χ4v) is 7.10. The van der Waals surface area contributed by atoms with Crippen LogP contribution in [0.2, 0.25) is 10.0 Å². The fourth-order valence-electron chi connectivity index (χ4n) is 6.53. The first-order valence-electron chi connectivity index (χ1n) is 16.0. The van der Waals surface area contributed by atoms with Crippen LogP contribution in [0.4, 0.5) is 11.4 Å². The van der Waals surface area contributed by atoms with Crippen LogP contribution in [0.1, 0.15) is 17.5 Å². The molecule has 0 radical (unpaired) electrons. The number of carbonyl (C=O) groups excluding carboxylic acids is 1. The van der Waals surface area contributed by atoms with Crippen LogP contribution < -0.4 is 15.1 Å². The average molecular weight is 700 g/mol. The molecule has 0 unspecified atom stereocenters. The summed E-state index contributed by atoms with van der Waals surface area (Å²) in [6, 6.07) is 34.6. The van der Waals surface area contributed by atoms with Crippen molar-refractivity contribution >= 4 is 74.0 Å². The number of aromatic nitrogens is 1. The molecule has 5 aromatic carbocycles. The Balaban J connectivity index is 1.05. The molecule has 1 amide bonds. The van der Waals surface area contributed by atoms with Crippen molar-refractivity contribution in [1.82, 2.24) is 4.57 Å². The number of hydrogen-bond donors (Lipinski definition) is 1. The van der Waals surface area contributed by atoms with Gasteiger partial charge in [-0.25, -0.2) is 0 Å². The molecule has 8 rings (SSSR count). The van der Waals surface area contributed by atoms with Gasteiger partial charge < -0.3 is 18.8 Å². The highest BCUT2D eigenvalue weighted by Crippen LogP contribution is 2.47. The van der Waals surface area contributed by atoms with E-state index < -0.39 is 0 Å². The molecule has 7 aromatic rings. The molecule has 0 atom stereocenters. The van der Waals surface area contributed by atoms with Gasteiger partial charge in [0.15, 0.2) is 5.43 Å². The van der Waals surface area contributed by atoms with Gasteiger partial charge >= 0.3 is 0 Å². The molecule has 0 bridgehead atoms. The number of para-hydroxylation sites is 3. The van der Waals surface area contributed by atoms with Gasteiger partial charge in [0.2, 0.25) is 0 Å². The number of carbonyl (C=O) groups is 1. The van der Waals surface area contributed by atoms with Crippen LogP contribution in [0.5, 0.6) is 11.5 Å². The fraction of sp³-hybridized carbons (Fsp3) is 0.0732. The summed E-state index contributed by atoms with van der Waals surface area (Å²) in [6.07, 6.45) is 4.61. The normalized spacial score (nSPS) is 13.4. The number of amides is 1. The van der Waals surface area contributed by atoms with Crippen molar-refractivity contribution in [1.29, 1.82) is 0 Å². The Morgan fingerprint density at radius 2 is 1.56 bits per heavy atom. The standard InChI is InChI=1S/C41H28Cl2N2O5/c42-31-14-8-15-32(43)40(31)45-34-17-7-5-13-29(34)30(41(45)48)20-26-24-44(33-16-6-4-12-28(26)33)18-9-19-49-27-21-35(46)39-36(47)23-37(50-38(39)22-27)25-10-2-1-3-11-25/h1-8,10-17,20-24,46H,9,18-19H2/b30-20-. The number of ether oxygens (including phenoxy) is 1. The van der Waals surface area contributed by atoms with Crippen LogP contribution in [0, 0.1) is 0 Å². The molecule has 0 saturated carbocycles. The van der Waals surface area contributed by atoms with Crippen molar-refractivity contribution < 1.29 is 19.1 Å². The number of aromatic hydroxyl groups is 1. The molecule has 0 spiro atoms. The van der Waals surface area contributed by atoms with Crippen molar-refractivity contribution in [2.24, 2.45) is 0 Å². The monoisotopic (exact) mass is 698 g/mol. The quantitative estimate of drug-likeness (QED) is 0.126. The molecule has 0 saturated heterocycles. The Bertz CT molecular complexity index is 2520. The molecule has 2 aromatic heterocycles. The zero-order valence-electron chi connectivity index (χ0n) is 26.5. The highest BCUT2D eigenvalue weighted by molar-refractivity contribution is 6.45. The molecule has 1 aliphatic rings. The Morgan fingerprint density at radius 1 is 0.820 bits per heavy atom. The molecule has 246 valence electrons. The second-order valence-electron chi connectivity index (χ2n) is 11.9. The minimum absolute atomic E-state index is 0.110. The van der Waals surface area contributed by atoms with Crippen LogP contribution in [0.3, 0.4) is 0 Å². The Hall–Kier alpha value is -5.76. The van der Waals surface area contributed by atoms with Crippen LogP contribution in [-0.2, 0) is 11.3 Å². The summed E-state index contributed by atoms with van der Waals surface area (Å²) >= 11 is 13.1. The summed E-state index contributed by atoms with van der Waals surface area (Å²) in [5.74, 6) is 0.399. The van der Waals surface area contributed by atoms with Gasteiger partial charge in [0.05, 0.1) is 33.6 Å². The number of fused-ring (bicyclic) bond motifs is 3. The highest BCUT2D eigenvalue weighted by atomic mass is 35.5. The highest BCUT2D eigenvalue weighted by Gasteiger charge is 2.35. The molecule has 7 nitrogen and oxygen atoms in total. The lowest BCUT2D eigenvalue weighted by Gasteiger charge is -2.20. The zero-order chi connectivity index (χ0) is 34.4. The van der Waals surface area contributed by atoms with Crippen molar-refractivity contribution in [2.45, 2.75) is 13.0 Å². The summed E-state index contributed by atoms with van der Waals surface area (Å²) in [5.41, 5.74) is 5.10. The lowest BCUT2D eigenvalue weighted by atomic mass is 10.0. The van der Waals surface area contributed by atoms with Gasteiger partial charge in [-0.2, -0.15) is 0 Å². The molecular weight excluding hydrogens is 671 g/mol. The maximum atomic E-state index is 14.1. The minimum atomic E-state index is -0.331. The lowest BCUT2D eigenvalue weighted by molar-refractivity contribution is -0.112. The van der Waals surface area contributed by atoms with E-state index in [1.54, 1.807) is 29.2 Å². The predicted octanol–water partition coefficient (Wildman–Crippen LogP) is 10.1. The van der Waals surface area contributed by atoms with Gasteiger partial charge in [-0.05, 0) is 36.8 Å². The Kier molecular flexibility index (Phi) is 8.15. The van der Waals surface area contributed by atoms with Crippen LogP contribution >= 0.6 is 23.2 Å². The second kappa shape index (κ2) is 12.9. The van der Waals surface area contributed by atoms with Crippen LogP contribution in [0.15, 0.2) is 131 Å². The van der Waals surface area contributed by atoms with Crippen molar-refractivity contribution in [3.8, 4) is 22.8 Å². The molecule has 0 aliphatic carbocycles. The first-order valence-corrected chi connectivity index (χ1v) is 16.8. The summed E-state index contributed by atoms with van der Waals surface area (Å²) in [5, 5.41) is 12.6. The SMILES string of the molecule is O=C1/C(=C\c2cn(CCCOc3cc(O)c4c(=O)cc(-c5ccccc5)oc4c3)c3ccccc23)c2ccccc2N1c1c(Cl)cccc1Cl. The first-order chi connectivity index (χ1) is 24.4. The van der Waals surface area contributed by atoms with Gasteiger partial charge in [0.1, 0.15) is 28.2 Å². The number of anilines is 2. The third kappa shape index (κ3) is 5.60. The van der Waals surface area contributed by atoms with E-state index in [0.717, 1.165) is 33.3 Å². The van der Waals surface area contributed by atoms with Crippen LogP contribution in [-0.4, -0.2) is 22.2 Å². The largest absolute Gasteiger partial charge is 0.507 e. The molecular formula is C41H28Cl2N2O5. The van der Waals surface area contributed by atoms with E-state index in [2.05, 4.69) is 4.57 Å². The van der Waals surface area contributed by atoms with Gasteiger partial charge in [-0.15, -0.1) is 0 Å². The number of hydrogen-bond acceptors (Lipinski definition) is 5. The Morgan fingerprint density at radius 3 is 2.38 bits per heavy atom. The molecule has 9 heteroatoms. The van der Waals surface area contributed by atoms with E-state index in [1.165, 1.54) is 12.1 Å². The Labute approximate surface area is 296 Å². The lowest BCUT2D eigenvalue weighted by Crippen LogP contribution is -2.21. The maximum Gasteiger partial charge on any atom is 0.263 e. The third-order valence-electron chi connectivity index (χ3n) is 8.80. The van der Waals surface area contributed by atoms with Gasteiger partial charge in [-0.1, -0.05) is 96.0 Å². The minimum Gasteiger partial charge on any atom is -0.507 e. The molecule has 50 heavy (non-hydrogen) atoms. The first kappa shape index (κ1) is 31.5. The number of phenols is 1. The smallest absolute Gasteiger partial charge is 0.263 e. The maximum absolute atomic E-state index is 14.1. The summed E-state index contributed by atoms with van der Waals surface area (Å²) in [7, 11) is 0. The number of nitrogens with zero attached hydrogens (tertiary/aromatic N) is 2. The van der Waals surface area contributed by atoms with E-state index >= 15 is 0 Å². The molecule has 1 N–H and O–H groups in total. The van der Waals surface area contributed by atoms with Gasteiger partial charge in [0.25, 0.3) is 5.91 Å². The van der Waals surface area contributed by atoms with E-state index in [9.17, 15) is 14.7 Å². The zero-order valence-corrected chi connectivity index (χ0v) is 28.0. The molecule has 3 heterocycles. The predicted molar refractivity (Wildman–Crippen MR) is 200 cm³/mol. The second-order valence-corrected chi connectivity index (χ2v) is 12.8. The van der Waals surface area contributed by atoms with Gasteiger partial charge in [-0.3, -0.25) is 14.5 Å². The van der Waals surface area contributed by atoms with Crippen molar-refractivity contribution in [3.05, 3.63) is 153 Å².